The van der Waals surface area contributed by atoms with Crippen LogP contribution in [-0.4, -0.2) is 65.5 Å². The van der Waals surface area contributed by atoms with Gasteiger partial charge in [-0.25, -0.2) is 9.59 Å². The minimum atomic E-state index is -0.732. The van der Waals surface area contributed by atoms with Crippen molar-refractivity contribution in [3.8, 4) is 0 Å². The van der Waals surface area contributed by atoms with E-state index in [1.165, 1.54) is 0 Å². The van der Waals surface area contributed by atoms with Crippen molar-refractivity contribution in [3.05, 3.63) is 70.8 Å². The molecule has 4 rings (SSSR count). The van der Waals surface area contributed by atoms with Crippen LogP contribution < -0.4 is 0 Å². The third-order valence-electron chi connectivity index (χ3n) is 6.45. The van der Waals surface area contributed by atoms with Gasteiger partial charge in [-0.1, -0.05) is 35.4 Å². The van der Waals surface area contributed by atoms with Crippen LogP contribution in [0.4, 0.5) is 0 Å². The molecule has 0 unspecified atom stereocenters. The first kappa shape index (κ1) is 24.9. The molecule has 2 aromatic rings. The summed E-state index contributed by atoms with van der Waals surface area (Å²) in [6.07, 6.45) is -1.27. The molecular formula is C27H31NO7. The molecule has 2 aliphatic heterocycles. The lowest BCUT2D eigenvalue weighted by Crippen LogP contribution is -2.40. The molecule has 2 aliphatic rings. The molecule has 1 amide bonds. The first-order valence-electron chi connectivity index (χ1n) is 11.9. The van der Waals surface area contributed by atoms with Crippen LogP contribution in [0.3, 0.4) is 0 Å². The number of hydrogen-bond acceptors (Lipinski definition) is 7. The van der Waals surface area contributed by atoms with Crippen LogP contribution in [0.25, 0.3) is 0 Å². The fourth-order valence-corrected chi connectivity index (χ4v) is 4.29. The second-order valence-electron chi connectivity index (χ2n) is 9.21. The number of aryl methyl sites for hydroxylation is 2. The number of carbonyl (C=O) groups is 3. The lowest BCUT2D eigenvalue weighted by molar-refractivity contribution is -0.146. The fourth-order valence-electron chi connectivity index (χ4n) is 4.29. The number of aliphatic hydroxyl groups excluding tert-OH is 1. The highest BCUT2D eigenvalue weighted by atomic mass is 16.6. The van der Waals surface area contributed by atoms with E-state index in [2.05, 4.69) is 0 Å². The highest BCUT2D eigenvalue weighted by Crippen LogP contribution is 2.29. The zero-order valence-corrected chi connectivity index (χ0v) is 20.0. The average molecular weight is 482 g/mol. The van der Waals surface area contributed by atoms with Crippen molar-refractivity contribution in [1.82, 2.24) is 4.90 Å². The van der Waals surface area contributed by atoms with Crippen molar-refractivity contribution < 1.29 is 33.7 Å². The smallest absolute Gasteiger partial charge is 0.338 e. The molecule has 8 nitrogen and oxygen atoms in total. The van der Waals surface area contributed by atoms with E-state index in [1.807, 2.05) is 38.1 Å². The van der Waals surface area contributed by atoms with E-state index in [0.717, 1.165) is 11.1 Å². The van der Waals surface area contributed by atoms with Gasteiger partial charge in [0.05, 0.1) is 17.2 Å². The van der Waals surface area contributed by atoms with E-state index in [0.29, 0.717) is 30.5 Å². The molecule has 2 saturated heterocycles. The summed E-state index contributed by atoms with van der Waals surface area (Å²) in [5.41, 5.74) is 2.87. The normalized spacial score (nSPS) is 24.7. The van der Waals surface area contributed by atoms with Crippen LogP contribution in [0.15, 0.2) is 48.5 Å². The molecular weight excluding hydrogens is 450 g/mol. The molecule has 8 heteroatoms. The van der Waals surface area contributed by atoms with Gasteiger partial charge in [0, 0.05) is 19.4 Å². The van der Waals surface area contributed by atoms with Crippen LogP contribution in [-0.2, 0) is 19.0 Å². The molecule has 2 fully saturated rings. The second kappa shape index (κ2) is 11.0. The van der Waals surface area contributed by atoms with Gasteiger partial charge >= 0.3 is 11.9 Å². The second-order valence-corrected chi connectivity index (χ2v) is 9.21. The number of ether oxygens (including phenoxy) is 3. The van der Waals surface area contributed by atoms with E-state index in [9.17, 15) is 19.5 Å². The van der Waals surface area contributed by atoms with E-state index in [4.69, 9.17) is 14.2 Å². The number of aliphatic hydroxyl groups is 1. The van der Waals surface area contributed by atoms with Crippen molar-refractivity contribution in [3.63, 3.8) is 0 Å². The Morgan fingerprint density at radius 2 is 1.57 bits per heavy atom. The minimum Gasteiger partial charge on any atom is -0.459 e. The molecule has 35 heavy (non-hydrogen) atoms. The van der Waals surface area contributed by atoms with Gasteiger partial charge in [-0.3, -0.25) is 4.79 Å². The lowest BCUT2D eigenvalue weighted by Gasteiger charge is -2.27. The first-order chi connectivity index (χ1) is 16.8. The molecule has 2 aromatic carbocycles. The summed E-state index contributed by atoms with van der Waals surface area (Å²) in [5.74, 6) is -1.13. The van der Waals surface area contributed by atoms with Crippen LogP contribution in [0.5, 0.6) is 0 Å². The number of carbonyl (C=O) groups excluding carboxylic acids is 3. The van der Waals surface area contributed by atoms with Crippen LogP contribution >= 0.6 is 0 Å². The predicted octanol–water partition coefficient (Wildman–Crippen LogP) is 3.17. The molecule has 1 N–H and O–H groups in total. The zero-order chi connectivity index (χ0) is 24.9. The Kier molecular flexibility index (Phi) is 7.83. The van der Waals surface area contributed by atoms with Gasteiger partial charge < -0.3 is 24.2 Å². The van der Waals surface area contributed by atoms with E-state index < -0.39 is 36.5 Å². The quantitative estimate of drug-likeness (QED) is 0.632. The van der Waals surface area contributed by atoms with Gasteiger partial charge in [-0.05, 0) is 51.0 Å². The van der Waals surface area contributed by atoms with Gasteiger partial charge in [0.1, 0.15) is 25.0 Å². The van der Waals surface area contributed by atoms with Gasteiger partial charge in [0.2, 0.25) is 5.91 Å². The highest BCUT2D eigenvalue weighted by Gasteiger charge is 2.43. The largest absolute Gasteiger partial charge is 0.459 e. The summed E-state index contributed by atoms with van der Waals surface area (Å²) in [6, 6.07) is 14.1. The van der Waals surface area contributed by atoms with Gasteiger partial charge in [0.25, 0.3) is 0 Å². The van der Waals surface area contributed by atoms with Crippen molar-refractivity contribution >= 4 is 17.8 Å². The molecule has 0 bridgehead atoms. The molecule has 4 atom stereocenters. The molecule has 0 spiro atoms. The van der Waals surface area contributed by atoms with Crippen LogP contribution in [0.1, 0.15) is 57.5 Å². The number of likely N-dealkylation sites (tertiary alicyclic amines) is 1. The number of esters is 2. The summed E-state index contributed by atoms with van der Waals surface area (Å²) in [6.45, 7) is 4.08. The van der Waals surface area contributed by atoms with Crippen LogP contribution in [0, 0.1) is 13.8 Å². The number of nitrogens with zero attached hydrogens (tertiary/aromatic N) is 1. The number of rotatable bonds is 6. The van der Waals surface area contributed by atoms with Crippen molar-refractivity contribution in [2.45, 2.75) is 64.1 Å². The maximum Gasteiger partial charge on any atom is 0.338 e. The van der Waals surface area contributed by atoms with Crippen LogP contribution in [0.2, 0.25) is 0 Å². The highest BCUT2D eigenvalue weighted by molar-refractivity contribution is 5.90. The van der Waals surface area contributed by atoms with Gasteiger partial charge in [-0.15, -0.1) is 0 Å². The minimum absolute atomic E-state index is 0.118. The zero-order valence-electron chi connectivity index (χ0n) is 20.0. The lowest BCUT2D eigenvalue weighted by atomic mass is 10.1. The summed E-state index contributed by atoms with van der Waals surface area (Å²) >= 11 is 0. The Labute approximate surface area is 204 Å². The molecule has 0 radical (unpaired) electrons. The van der Waals surface area contributed by atoms with E-state index in [1.54, 1.807) is 29.2 Å². The Bertz CT molecular complexity index is 1050. The maximum absolute atomic E-state index is 12.8. The third-order valence-corrected chi connectivity index (χ3v) is 6.45. The fraction of sp³-hybridized carbons (Fsp3) is 0.444. The summed E-state index contributed by atoms with van der Waals surface area (Å²) in [4.78, 5) is 39.6. The first-order valence-corrected chi connectivity index (χ1v) is 11.9. The Hall–Kier alpha value is -3.23. The van der Waals surface area contributed by atoms with Gasteiger partial charge in [-0.2, -0.15) is 0 Å². The number of benzene rings is 2. The van der Waals surface area contributed by atoms with Crippen molar-refractivity contribution in [2.24, 2.45) is 0 Å². The molecule has 2 heterocycles. The van der Waals surface area contributed by atoms with Gasteiger partial charge in [0.15, 0.2) is 0 Å². The molecule has 186 valence electrons. The average Bonchev–Trinajstić information content (AvgIpc) is 3.15. The summed E-state index contributed by atoms with van der Waals surface area (Å²) in [5, 5.41) is 9.96. The van der Waals surface area contributed by atoms with E-state index in [-0.39, 0.29) is 25.4 Å². The Morgan fingerprint density at radius 1 is 0.971 bits per heavy atom. The topological polar surface area (TPSA) is 102 Å². The Morgan fingerprint density at radius 3 is 2.20 bits per heavy atom. The maximum atomic E-state index is 12.8. The molecule has 0 saturated carbocycles. The van der Waals surface area contributed by atoms with Crippen molar-refractivity contribution in [2.75, 3.05) is 13.2 Å². The number of hydrogen-bond donors (Lipinski definition) is 1. The number of amides is 1. The molecule has 0 aliphatic carbocycles. The summed E-state index contributed by atoms with van der Waals surface area (Å²) < 4.78 is 17.4. The Balaban J connectivity index is 1.46. The molecule has 0 aromatic heterocycles. The monoisotopic (exact) mass is 481 g/mol. The van der Waals surface area contributed by atoms with Crippen molar-refractivity contribution in [1.29, 1.82) is 0 Å². The summed E-state index contributed by atoms with van der Waals surface area (Å²) in [7, 11) is 0. The standard InChI is InChI=1S/C27H31NO7/c1-17-3-7-19(8-4-17)26(31)33-16-23-22(35-27(32)20-9-5-18(2)6-10-20)15-25(34-23)28-14-13-21(29)11-12-24(28)30/h3-10,21-23,25,29H,11-16H2,1-2H3/t21-,22-,23+,25-/m0/s1. The predicted molar refractivity (Wildman–Crippen MR) is 127 cm³/mol. The SMILES string of the molecule is Cc1ccc(C(=O)OC[C@H]2O[C@H](N3CC[C@@H](O)CCC3=O)C[C@@H]2OC(=O)c2ccc(C)cc2)cc1. The van der Waals surface area contributed by atoms with E-state index >= 15 is 0 Å². The third kappa shape index (κ3) is 6.26.